The van der Waals surface area contributed by atoms with Gasteiger partial charge in [-0.2, -0.15) is 0 Å². The highest BCUT2D eigenvalue weighted by molar-refractivity contribution is 5.88. The number of benzene rings is 1. The zero-order valence-corrected chi connectivity index (χ0v) is 8.43. The van der Waals surface area contributed by atoms with Crippen LogP contribution < -0.4 is 0 Å². The van der Waals surface area contributed by atoms with Gasteiger partial charge in [0.1, 0.15) is 6.29 Å². The maximum absolute atomic E-state index is 10.7. The van der Waals surface area contributed by atoms with Gasteiger partial charge in [-0.25, -0.2) is 4.79 Å². The Morgan fingerprint density at radius 1 is 1.47 bits per heavy atom. The first-order chi connectivity index (χ1) is 7.15. The molecule has 0 saturated heterocycles. The average molecular weight is 204 g/mol. The quantitative estimate of drug-likeness (QED) is 0.765. The molecule has 0 unspecified atom stereocenters. The predicted octanol–water partition coefficient (Wildman–Crippen LogP) is 2.30. The molecule has 0 saturated carbocycles. The van der Waals surface area contributed by atoms with Crippen molar-refractivity contribution < 1.29 is 14.7 Å². The van der Waals surface area contributed by atoms with Crippen LogP contribution in [0.1, 0.15) is 27.9 Å². The van der Waals surface area contributed by atoms with E-state index < -0.39 is 5.97 Å². The van der Waals surface area contributed by atoms with Crippen LogP contribution in [0.3, 0.4) is 0 Å². The van der Waals surface area contributed by atoms with E-state index in [4.69, 9.17) is 5.11 Å². The van der Waals surface area contributed by atoms with E-state index in [1.165, 1.54) is 0 Å². The van der Waals surface area contributed by atoms with E-state index in [2.05, 4.69) is 0 Å². The third kappa shape index (κ3) is 3.06. The van der Waals surface area contributed by atoms with Gasteiger partial charge in [0.15, 0.2) is 0 Å². The van der Waals surface area contributed by atoms with Crippen molar-refractivity contribution in [3.8, 4) is 0 Å². The lowest BCUT2D eigenvalue weighted by molar-refractivity contribution is -0.107. The highest BCUT2D eigenvalue weighted by Crippen LogP contribution is 2.13. The van der Waals surface area contributed by atoms with Gasteiger partial charge in [0.05, 0.1) is 5.56 Å². The summed E-state index contributed by atoms with van der Waals surface area (Å²) >= 11 is 0. The third-order valence-electron chi connectivity index (χ3n) is 2.05. The van der Waals surface area contributed by atoms with Crippen LogP contribution in [0, 0.1) is 6.92 Å². The van der Waals surface area contributed by atoms with Gasteiger partial charge in [0, 0.05) is 6.42 Å². The second-order valence-electron chi connectivity index (χ2n) is 3.18. The van der Waals surface area contributed by atoms with Crippen LogP contribution in [0.2, 0.25) is 0 Å². The molecule has 78 valence electrons. The maximum atomic E-state index is 10.7. The fraction of sp³-hybridized carbons (Fsp3) is 0.167. The molecule has 1 N–H and O–H groups in total. The number of aldehydes is 1. The average Bonchev–Trinajstić information content (AvgIpc) is 2.20. The van der Waals surface area contributed by atoms with Crippen molar-refractivity contribution in [1.82, 2.24) is 0 Å². The molecule has 0 aliphatic heterocycles. The molecule has 1 aromatic rings. The highest BCUT2D eigenvalue weighted by Gasteiger charge is 2.03. The molecule has 0 fully saturated rings. The van der Waals surface area contributed by atoms with Gasteiger partial charge >= 0.3 is 5.97 Å². The van der Waals surface area contributed by atoms with Crippen molar-refractivity contribution in [2.45, 2.75) is 13.3 Å². The van der Waals surface area contributed by atoms with Crippen LogP contribution in [0.25, 0.3) is 6.08 Å². The molecule has 0 heterocycles. The Morgan fingerprint density at radius 3 is 2.73 bits per heavy atom. The van der Waals surface area contributed by atoms with Crippen LogP contribution in [0.15, 0.2) is 24.3 Å². The number of hydrogen-bond acceptors (Lipinski definition) is 2. The topological polar surface area (TPSA) is 54.4 Å². The van der Waals surface area contributed by atoms with Gasteiger partial charge in [-0.3, -0.25) is 0 Å². The molecule has 0 aliphatic carbocycles. The summed E-state index contributed by atoms with van der Waals surface area (Å²) in [6, 6.07) is 4.90. The Morgan fingerprint density at radius 2 is 2.20 bits per heavy atom. The van der Waals surface area contributed by atoms with E-state index in [1.54, 1.807) is 24.3 Å². The number of carbonyl (C=O) groups excluding carboxylic acids is 1. The molecular weight excluding hydrogens is 192 g/mol. The van der Waals surface area contributed by atoms with E-state index in [9.17, 15) is 9.59 Å². The third-order valence-corrected chi connectivity index (χ3v) is 2.05. The molecule has 0 atom stereocenters. The van der Waals surface area contributed by atoms with Gasteiger partial charge in [0.2, 0.25) is 0 Å². The largest absolute Gasteiger partial charge is 0.478 e. The minimum absolute atomic E-state index is 0.278. The highest BCUT2D eigenvalue weighted by atomic mass is 16.4. The molecule has 0 spiro atoms. The van der Waals surface area contributed by atoms with Crippen molar-refractivity contribution in [2.75, 3.05) is 0 Å². The lowest BCUT2D eigenvalue weighted by atomic mass is 10.0. The van der Waals surface area contributed by atoms with E-state index in [0.29, 0.717) is 6.42 Å². The molecule has 0 aromatic heterocycles. The summed E-state index contributed by atoms with van der Waals surface area (Å²) in [7, 11) is 0. The standard InChI is InChI=1S/C12H12O3/c1-9-8-11(12(14)15)6-5-10(9)4-2-3-7-13/h2,4-8H,3H2,1H3,(H,14,15). The predicted molar refractivity (Wildman–Crippen MR) is 57.9 cm³/mol. The first kappa shape index (κ1) is 11.2. The fourth-order valence-electron chi connectivity index (χ4n) is 1.25. The SMILES string of the molecule is Cc1cc(C(=O)O)ccc1C=CCC=O. The zero-order valence-electron chi connectivity index (χ0n) is 8.43. The van der Waals surface area contributed by atoms with E-state index in [1.807, 2.05) is 13.0 Å². The van der Waals surface area contributed by atoms with Crippen molar-refractivity contribution >= 4 is 18.3 Å². The molecular formula is C12H12O3. The number of rotatable bonds is 4. The number of aryl methyl sites for hydroxylation is 1. The summed E-state index contributed by atoms with van der Waals surface area (Å²) in [5.41, 5.74) is 2.10. The lowest BCUT2D eigenvalue weighted by Gasteiger charge is -2.01. The second-order valence-corrected chi connectivity index (χ2v) is 3.18. The van der Waals surface area contributed by atoms with E-state index >= 15 is 0 Å². The maximum Gasteiger partial charge on any atom is 0.335 e. The molecule has 1 rings (SSSR count). The number of carbonyl (C=O) groups is 2. The Hall–Kier alpha value is -1.90. The van der Waals surface area contributed by atoms with Crippen molar-refractivity contribution in [3.05, 3.63) is 41.0 Å². The van der Waals surface area contributed by atoms with Crippen LogP contribution in [0.4, 0.5) is 0 Å². The number of hydrogen-bond donors (Lipinski definition) is 1. The first-order valence-electron chi connectivity index (χ1n) is 4.59. The molecule has 3 heteroatoms. The number of carboxylic acid groups (broad SMARTS) is 1. The van der Waals surface area contributed by atoms with Crippen molar-refractivity contribution in [2.24, 2.45) is 0 Å². The minimum Gasteiger partial charge on any atom is -0.478 e. The van der Waals surface area contributed by atoms with Gasteiger partial charge in [-0.1, -0.05) is 18.2 Å². The molecule has 3 nitrogen and oxygen atoms in total. The summed E-state index contributed by atoms with van der Waals surface area (Å²) in [5.74, 6) is -0.929. The molecule has 0 aliphatic rings. The van der Waals surface area contributed by atoms with Crippen LogP contribution in [0.5, 0.6) is 0 Å². The van der Waals surface area contributed by atoms with Crippen LogP contribution in [-0.2, 0) is 4.79 Å². The molecule has 0 amide bonds. The van der Waals surface area contributed by atoms with Crippen LogP contribution >= 0.6 is 0 Å². The van der Waals surface area contributed by atoms with E-state index in [-0.39, 0.29) is 5.56 Å². The molecule has 0 bridgehead atoms. The van der Waals surface area contributed by atoms with Gasteiger partial charge in [-0.15, -0.1) is 0 Å². The van der Waals surface area contributed by atoms with Crippen molar-refractivity contribution in [1.29, 1.82) is 0 Å². The Bertz CT molecular complexity index is 405. The lowest BCUT2D eigenvalue weighted by Crippen LogP contribution is -1.96. The van der Waals surface area contributed by atoms with Gasteiger partial charge < -0.3 is 9.90 Å². The Labute approximate surface area is 88.0 Å². The summed E-state index contributed by atoms with van der Waals surface area (Å²) in [6.07, 6.45) is 4.75. The van der Waals surface area contributed by atoms with Crippen LogP contribution in [-0.4, -0.2) is 17.4 Å². The smallest absolute Gasteiger partial charge is 0.335 e. The van der Waals surface area contributed by atoms with Crippen molar-refractivity contribution in [3.63, 3.8) is 0 Å². The summed E-state index contributed by atoms with van der Waals surface area (Å²) in [5, 5.41) is 8.75. The molecule has 0 radical (unpaired) electrons. The summed E-state index contributed by atoms with van der Waals surface area (Å²) in [6.45, 7) is 1.84. The Kier molecular flexibility index (Phi) is 3.80. The fourth-order valence-corrected chi connectivity index (χ4v) is 1.25. The first-order valence-corrected chi connectivity index (χ1v) is 4.59. The monoisotopic (exact) mass is 204 g/mol. The molecule has 15 heavy (non-hydrogen) atoms. The summed E-state index contributed by atoms with van der Waals surface area (Å²) < 4.78 is 0. The number of allylic oxidation sites excluding steroid dienone is 1. The van der Waals surface area contributed by atoms with Gasteiger partial charge in [-0.05, 0) is 30.2 Å². The number of aromatic carboxylic acids is 1. The number of carboxylic acids is 1. The Balaban J connectivity index is 2.93. The zero-order chi connectivity index (χ0) is 11.3. The minimum atomic E-state index is -0.929. The summed E-state index contributed by atoms with van der Waals surface area (Å²) in [4.78, 5) is 20.8. The van der Waals surface area contributed by atoms with Gasteiger partial charge in [0.25, 0.3) is 0 Å². The molecule has 1 aromatic carbocycles. The normalized spacial score (nSPS) is 10.5. The van der Waals surface area contributed by atoms with E-state index in [0.717, 1.165) is 17.4 Å². The second kappa shape index (κ2) is 5.10.